The number of carbonyl (C=O) groups excluding carboxylic acids is 1. The first kappa shape index (κ1) is 18.2. The van der Waals surface area contributed by atoms with Crippen LogP contribution in [0.2, 0.25) is 0 Å². The number of hydrogen-bond donors (Lipinski definition) is 1. The number of nitrogens with zero attached hydrogens (tertiary/aromatic N) is 1. The van der Waals surface area contributed by atoms with Gasteiger partial charge >= 0.3 is 6.36 Å². The third-order valence-electron chi connectivity index (χ3n) is 6.30. The van der Waals surface area contributed by atoms with Crippen LogP contribution in [0.4, 0.5) is 17.6 Å². The normalized spacial score (nSPS) is 27.9. The molecule has 28 heavy (non-hydrogen) atoms. The van der Waals surface area contributed by atoms with E-state index in [0.29, 0.717) is 11.3 Å². The monoisotopic (exact) mass is 414 g/mol. The topological polar surface area (TPSA) is 41.6 Å². The summed E-state index contributed by atoms with van der Waals surface area (Å²) in [7, 11) is 0. The van der Waals surface area contributed by atoms with Crippen molar-refractivity contribution >= 4 is 27.3 Å². The molecular formula is C19H18F4N2O2S. The zero-order chi connectivity index (χ0) is 19.7. The number of benzene rings is 1. The summed E-state index contributed by atoms with van der Waals surface area (Å²) >= 11 is 0.825. The molecule has 150 valence electrons. The predicted molar refractivity (Wildman–Crippen MR) is 96.0 cm³/mol. The van der Waals surface area contributed by atoms with Crippen molar-refractivity contribution in [2.24, 2.45) is 5.92 Å². The Morgan fingerprint density at radius 2 is 1.96 bits per heavy atom. The Bertz CT molecular complexity index is 945. The zero-order valence-corrected chi connectivity index (χ0v) is 15.6. The molecule has 1 N–H and O–H groups in total. The summed E-state index contributed by atoms with van der Waals surface area (Å²) in [5.74, 6) is -1.86. The van der Waals surface area contributed by atoms with E-state index in [1.807, 2.05) is 0 Å². The molecular weight excluding hydrogens is 396 g/mol. The molecule has 2 aromatic rings. The molecule has 2 bridgehead atoms. The number of piperidine rings is 3. The Hall–Kier alpha value is -1.87. The summed E-state index contributed by atoms with van der Waals surface area (Å²) in [4.78, 5) is 15.6. The summed E-state index contributed by atoms with van der Waals surface area (Å²) in [5.41, 5.74) is 0.0597. The number of thiophene rings is 1. The maximum atomic E-state index is 13.9. The highest BCUT2D eigenvalue weighted by Crippen LogP contribution is 2.53. The number of hydrogen-bond acceptors (Lipinski definition) is 4. The van der Waals surface area contributed by atoms with Gasteiger partial charge in [-0.05, 0) is 62.2 Å². The van der Waals surface area contributed by atoms with Crippen LogP contribution < -0.4 is 10.1 Å². The van der Waals surface area contributed by atoms with Crippen LogP contribution in [-0.4, -0.2) is 41.8 Å². The number of amides is 1. The number of carbonyl (C=O) groups is 1. The number of halogens is 4. The van der Waals surface area contributed by atoms with E-state index in [0.717, 1.165) is 56.2 Å². The molecule has 4 nitrogen and oxygen atoms in total. The van der Waals surface area contributed by atoms with Crippen LogP contribution in [0.1, 0.15) is 35.4 Å². The van der Waals surface area contributed by atoms with Gasteiger partial charge < -0.3 is 10.1 Å². The summed E-state index contributed by atoms with van der Waals surface area (Å²) < 4.78 is 55.7. The molecule has 4 heterocycles. The van der Waals surface area contributed by atoms with E-state index in [9.17, 15) is 22.4 Å². The van der Waals surface area contributed by atoms with Crippen molar-refractivity contribution in [3.63, 3.8) is 0 Å². The van der Waals surface area contributed by atoms with Gasteiger partial charge in [0.15, 0.2) is 11.6 Å². The predicted octanol–water partition coefficient (Wildman–Crippen LogP) is 4.30. The minimum atomic E-state index is -5.00. The molecule has 0 radical (unpaired) electrons. The van der Waals surface area contributed by atoms with E-state index in [-0.39, 0.29) is 27.1 Å². The van der Waals surface area contributed by atoms with E-state index in [4.69, 9.17) is 0 Å². The van der Waals surface area contributed by atoms with Crippen molar-refractivity contribution < 1.29 is 27.1 Å². The highest BCUT2D eigenvalue weighted by atomic mass is 32.1. The molecule has 3 saturated heterocycles. The number of rotatable bonds is 3. The summed E-state index contributed by atoms with van der Waals surface area (Å²) in [6, 6.07) is 3.84. The first-order valence-electron chi connectivity index (χ1n) is 9.30. The second-order valence-corrected chi connectivity index (χ2v) is 8.88. The fourth-order valence-corrected chi connectivity index (χ4v) is 5.94. The molecule has 3 aliphatic heterocycles. The molecule has 1 aliphatic carbocycles. The SMILES string of the molecule is O=C(NC1C2CCN(CC2)C12CC2)c1cc2ccc(F)c(OC(F)(F)F)c2s1. The molecule has 4 aliphatic rings. The second-order valence-electron chi connectivity index (χ2n) is 7.83. The van der Waals surface area contributed by atoms with Gasteiger partial charge in [0.1, 0.15) is 0 Å². The highest BCUT2D eigenvalue weighted by molar-refractivity contribution is 7.21. The first-order valence-corrected chi connectivity index (χ1v) is 10.1. The fraction of sp³-hybridized carbons (Fsp3) is 0.526. The lowest BCUT2D eigenvalue weighted by atomic mass is 9.77. The van der Waals surface area contributed by atoms with Crippen molar-refractivity contribution in [2.45, 2.75) is 43.6 Å². The molecule has 1 amide bonds. The van der Waals surface area contributed by atoms with Gasteiger partial charge in [0.05, 0.1) is 15.6 Å². The van der Waals surface area contributed by atoms with E-state index < -0.39 is 17.9 Å². The lowest BCUT2D eigenvalue weighted by Crippen LogP contribution is -2.65. The van der Waals surface area contributed by atoms with Gasteiger partial charge in [-0.2, -0.15) is 0 Å². The van der Waals surface area contributed by atoms with Crippen LogP contribution in [0, 0.1) is 11.7 Å². The maximum Gasteiger partial charge on any atom is 0.573 e. The number of nitrogens with one attached hydrogen (secondary N) is 1. The standard InChI is InChI=1S/C19H18F4N2O2S/c20-12-2-1-11-9-13(28-15(11)14(12)27-19(21,22)23)17(26)24-16-10-3-7-25(8-4-10)18(16)5-6-18/h1-2,9-10,16H,3-8H2,(H,24,26). The minimum absolute atomic E-state index is 0.0162. The molecule has 1 saturated carbocycles. The smallest absolute Gasteiger partial charge is 0.401 e. The minimum Gasteiger partial charge on any atom is -0.401 e. The van der Waals surface area contributed by atoms with Crippen LogP contribution >= 0.6 is 11.3 Å². The average molecular weight is 414 g/mol. The van der Waals surface area contributed by atoms with Gasteiger partial charge in [0.25, 0.3) is 5.91 Å². The molecule has 9 heteroatoms. The quantitative estimate of drug-likeness (QED) is 0.762. The Labute approximate surface area is 162 Å². The van der Waals surface area contributed by atoms with Crippen LogP contribution in [0.3, 0.4) is 0 Å². The molecule has 1 aromatic heterocycles. The molecule has 6 rings (SSSR count). The van der Waals surface area contributed by atoms with Gasteiger partial charge in [0, 0.05) is 5.54 Å². The summed E-state index contributed by atoms with van der Waals surface area (Å²) in [6.07, 6.45) is -0.775. The van der Waals surface area contributed by atoms with Gasteiger partial charge in [-0.3, -0.25) is 9.69 Å². The summed E-state index contributed by atoms with van der Waals surface area (Å²) in [5, 5.41) is 3.49. The van der Waals surface area contributed by atoms with Crippen molar-refractivity contribution in [1.29, 1.82) is 0 Å². The lowest BCUT2D eigenvalue weighted by Gasteiger charge is -2.52. The maximum absolute atomic E-state index is 13.9. The average Bonchev–Trinajstić information content (AvgIpc) is 3.29. The zero-order valence-electron chi connectivity index (χ0n) is 14.8. The number of alkyl halides is 3. The first-order chi connectivity index (χ1) is 13.3. The van der Waals surface area contributed by atoms with Crippen LogP contribution in [0.25, 0.3) is 10.1 Å². The van der Waals surface area contributed by atoms with Crippen LogP contribution in [0.5, 0.6) is 5.75 Å². The fourth-order valence-electron chi connectivity index (χ4n) is 4.91. The summed E-state index contributed by atoms with van der Waals surface area (Å²) in [6.45, 7) is 2.13. The van der Waals surface area contributed by atoms with E-state index in [2.05, 4.69) is 15.0 Å². The van der Waals surface area contributed by atoms with Crippen LogP contribution in [-0.2, 0) is 0 Å². The number of ether oxygens (including phenoxy) is 1. The van der Waals surface area contributed by atoms with E-state index >= 15 is 0 Å². The van der Waals surface area contributed by atoms with Gasteiger partial charge in [-0.25, -0.2) is 4.39 Å². The second kappa shape index (κ2) is 6.06. The largest absolute Gasteiger partial charge is 0.573 e. The van der Waals surface area contributed by atoms with Crippen molar-refractivity contribution in [1.82, 2.24) is 10.2 Å². The van der Waals surface area contributed by atoms with Gasteiger partial charge in [-0.1, -0.05) is 6.07 Å². The Kier molecular flexibility index (Phi) is 3.94. The van der Waals surface area contributed by atoms with Crippen molar-refractivity contribution in [2.75, 3.05) is 13.1 Å². The van der Waals surface area contributed by atoms with Crippen molar-refractivity contribution in [3.05, 3.63) is 28.9 Å². The van der Waals surface area contributed by atoms with Gasteiger partial charge in [0.2, 0.25) is 0 Å². The molecule has 1 unspecified atom stereocenters. The molecule has 4 fully saturated rings. The Morgan fingerprint density at radius 1 is 1.25 bits per heavy atom. The van der Waals surface area contributed by atoms with Crippen LogP contribution in [0.15, 0.2) is 18.2 Å². The van der Waals surface area contributed by atoms with Gasteiger partial charge in [-0.15, -0.1) is 24.5 Å². The van der Waals surface area contributed by atoms with E-state index in [1.165, 1.54) is 12.1 Å². The third-order valence-corrected chi connectivity index (χ3v) is 7.45. The lowest BCUT2D eigenvalue weighted by molar-refractivity contribution is -0.275. The Morgan fingerprint density at radius 3 is 2.61 bits per heavy atom. The third kappa shape index (κ3) is 2.86. The highest BCUT2D eigenvalue weighted by Gasteiger charge is 2.60. The molecule has 1 spiro atoms. The molecule has 1 atom stereocenters. The number of fused-ring (bicyclic) bond motifs is 3. The Balaban J connectivity index is 1.43. The molecule has 1 aromatic carbocycles. The van der Waals surface area contributed by atoms with E-state index in [1.54, 1.807) is 0 Å². The van der Waals surface area contributed by atoms with Crippen molar-refractivity contribution in [3.8, 4) is 5.75 Å².